The third kappa shape index (κ3) is 2.06. The number of benzene rings is 2. The number of ether oxygens (including phenoxy) is 2. The second kappa shape index (κ2) is 5.45. The second-order valence-corrected chi connectivity index (χ2v) is 7.81. The first-order valence-electron chi connectivity index (χ1n) is 9.06. The summed E-state index contributed by atoms with van der Waals surface area (Å²) < 4.78 is 17.3. The van der Waals surface area contributed by atoms with E-state index in [4.69, 9.17) is 13.9 Å². The zero-order chi connectivity index (χ0) is 19.7. The van der Waals surface area contributed by atoms with Gasteiger partial charge in [0.1, 0.15) is 35.4 Å². The lowest BCUT2D eigenvalue weighted by atomic mass is 9.74. The van der Waals surface area contributed by atoms with Gasteiger partial charge in [0, 0.05) is 11.6 Å². The number of esters is 1. The molecule has 28 heavy (non-hydrogen) atoms. The van der Waals surface area contributed by atoms with E-state index in [1.807, 2.05) is 30.3 Å². The number of cyclic esters (lactones) is 1. The average Bonchev–Trinajstić information content (AvgIpc) is 3.15. The number of aliphatic hydroxyl groups excluding tert-OH is 1. The minimum Gasteiger partial charge on any atom is -0.491 e. The first kappa shape index (κ1) is 17.0. The standard InChI is InChI=1S/C22H18O6/c1-21(2)19(24)22(20(25)28-21)11-26-15-9-8-13-14(23)10-16(27-18(13)17(15)22)12-6-4-3-5-7-12/h3-10,19,24H,11H2,1-2H3. The van der Waals surface area contributed by atoms with Gasteiger partial charge in [-0.25, -0.2) is 0 Å². The molecule has 2 atom stereocenters. The van der Waals surface area contributed by atoms with Crippen molar-refractivity contribution >= 4 is 16.9 Å². The highest BCUT2D eigenvalue weighted by molar-refractivity contribution is 5.96. The number of hydrogen-bond donors (Lipinski definition) is 1. The van der Waals surface area contributed by atoms with Crippen LogP contribution in [0.1, 0.15) is 19.4 Å². The van der Waals surface area contributed by atoms with Crippen molar-refractivity contribution in [2.24, 2.45) is 0 Å². The van der Waals surface area contributed by atoms with Gasteiger partial charge >= 0.3 is 5.97 Å². The molecule has 6 heteroatoms. The van der Waals surface area contributed by atoms with Crippen molar-refractivity contribution in [2.45, 2.75) is 31.0 Å². The van der Waals surface area contributed by atoms with Gasteiger partial charge in [-0.3, -0.25) is 9.59 Å². The maximum Gasteiger partial charge on any atom is 0.323 e. The van der Waals surface area contributed by atoms with Crippen molar-refractivity contribution in [3.05, 3.63) is 64.3 Å². The summed E-state index contributed by atoms with van der Waals surface area (Å²) in [6.07, 6.45) is -1.15. The molecule has 0 bridgehead atoms. The third-order valence-electron chi connectivity index (χ3n) is 5.66. The van der Waals surface area contributed by atoms with Gasteiger partial charge in [0.2, 0.25) is 0 Å². The van der Waals surface area contributed by atoms with Crippen LogP contribution in [0.5, 0.6) is 5.75 Å². The Morgan fingerprint density at radius 1 is 1.07 bits per heavy atom. The minimum atomic E-state index is -1.43. The van der Waals surface area contributed by atoms with Gasteiger partial charge in [-0.2, -0.15) is 0 Å². The Bertz CT molecular complexity index is 1180. The van der Waals surface area contributed by atoms with Crippen molar-refractivity contribution in [2.75, 3.05) is 6.61 Å². The average molecular weight is 378 g/mol. The summed E-state index contributed by atoms with van der Waals surface area (Å²) in [6, 6.07) is 13.9. The van der Waals surface area contributed by atoms with E-state index in [1.165, 1.54) is 6.07 Å². The van der Waals surface area contributed by atoms with Gasteiger partial charge in [0.25, 0.3) is 0 Å². The maximum atomic E-state index is 12.9. The Morgan fingerprint density at radius 2 is 1.82 bits per heavy atom. The number of aliphatic hydroxyl groups is 1. The van der Waals surface area contributed by atoms with Crippen molar-refractivity contribution in [1.82, 2.24) is 0 Å². The van der Waals surface area contributed by atoms with Crippen molar-refractivity contribution in [1.29, 1.82) is 0 Å². The molecule has 2 aliphatic heterocycles. The van der Waals surface area contributed by atoms with Crippen LogP contribution in [0.15, 0.2) is 57.7 Å². The Kier molecular flexibility index (Phi) is 3.31. The summed E-state index contributed by atoms with van der Waals surface area (Å²) in [5.74, 6) is 0.215. The Balaban J connectivity index is 1.84. The summed E-state index contributed by atoms with van der Waals surface area (Å²) in [4.78, 5) is 25.7. The molecule has 2 aromatic carbocycles. The Labute approximate surface area is 160 Å². The first-order valence-corrected chi connectivity index (χ1v) is 9.06. The molecular weight excluding hydrogens is 360 g/mol. The summed E-state index contributed by atoms with van der Waals surface area (Å²) in [5.41, 5.74) is -1.38. The fourth-order valence-electron chi connectivity index (χ4n) is 4.22. The number of carbonyl (C=O) groups excluding carboxylic acids is 1. The van der Waals surface area contributed by atoms with Crippen LogP contribution >= 0.6 is 0 Å². The summed E-state index contributed by atoms with van der Waals surface area (Å²) in [7, 11) is 0. The predicted molar refractivity (Wildman–Crippen MR) is 101 cm³/mol. The van der Waals surface area contributed by atoms with Crippen molar-refractivity contribution in [3.63, 3.8) is 0 Å². The number of hydrogen-bond acceptors (Lipinski definition) is 6. The molecule has 0 saturated carbocycles. The van der Waals surface area contributed by atoms with Gasteiger partial charge in [-0.15, -0.1) is 0 Å². The lowest BCUT2D eigenvalue weighted by Crippen LogP contribution is -2.47. The van der Waals surface area contributed by atoms with E-state index in [9.17, 15) is 14.7 Å². The zero-order valence-corrected chi connectivity index (χ0v) is 15.4. The molecule has 1 fully saturated rings. The summed E-state index contributed by atoms with van der Waals surface area (Å²) >= 11 is 0. The van der Waals surface area contributed by atoms with Crippen LogP contribution in [-0.4, -0.2) is 29.4 Å². The Hall–Kier alpha value is -3.12. The molecule has 0 amide bonds. The van der Waals surface area contributed by atoms with Gasteiger partial charge in [0.05, 0.1) is 10.9 Å². The molecule has 0 aliphatic carbocycles. The van der Waals surface area contributed by atoms with Crippen LogP contribution in [0.25, 0.3) is 22.3 Å². The van der Waals surface area contributed by atoms with Crippen LogP contribution < -0.4 is 10.2 Å². The van der Waals surface area contributed by atoms with Crippen LogP contribution in [0.4, 0.5) is 0 Å². The van der Waals surface area contributed by atoms with E-state index in [-0.39, 0.29) is 17.6 Å². The molecule has 1 aromatic heterocycles. The van der Waals surface area contributed by atoms with E-state index in [1.54, 1.807) is 26.0 Å². The Morgan fingerprint density at radius 3 is 2.50 bits per heavy atom. The molecule has 2 aliphatic rings. The molecule has 1 spiro atoms. The topological polar surface area (TPSA) is 86.0 Å². The van der Waals surface area contributed by atoms with Crippen LogP contribution in [0, 0.1) is 0 Å². The lowest BCUT2D eigenvalue weighted by molar-refractivity contribution is -0.150. The normalized spacial score (nSPS) is 25.0. The molecule has 6 nitrogen and oxygen atoms in total. The van der Waals surface area contributed by atoms with Gasteiger partial charge in [0.15, 0.2) is 10.8 Å². The smallest absolute Gasteiger partial charge is 0.323 e. The van der Waals surface area contributed by atoms with Crippen LogP contribution in [-0.2, 0) is 14.9 Å². The monoisotopic (exact) mass is 378 g/mol. The largest absolute Gasteiger partial charge is 0.491 e. The number of fused-ring (bicyclic) bond motifs is 4. The highest BCUT2D eigenvalue weighted by atomic mass is 16.6. The molecular formula is C22H18O6. The summed E-state index contributed by atoms with van der Waals surface area (Å²) in [5, 5.41) is 11.3. The SMILES string of the molecule is CC1(C)OC(=O)C2(COc3ccc4c(=O)cc(-c5ccccc5)oc4c32)C1O. The molecule has 142 valence electrons. The molecule has 2 unspecified atom stereocenters. The molecule has 3 aromatic rings. The van der Waals surface area contributed by atoms with Gasteiger partial charge in [-0.1, -0.05) is 30.3 Å². The fraction of sp³-hybridized carbons (Fsp3) is 0.273. The first-order chi connectivity index (χ1) is 13.3. The lowest BCUT2D eigenvalue weighted by Gasteiger charge is -2.26. The highest BCUT2D eigenvalue weighted by Gasteiger charge is 2.66. The number of carbonyl (C=O) groups is 1. The highest BCUT2D eigenvalue weighted by Crippen LogP contribution is 2.52. The van der Waals surface area contributed by atoms with Crippen LogP contribution in [0.2, 0.25) is 0 Å². The molecule has 0 radical (unpaired) electrons. The second-order valence-electron chi connectivity index (χ2n) is 7.81. The quantitative estimate of drug-likeness (QED) is 0.656. The molecule has 3 heterocycles. The van der Waals surface area contributed by atoms with Gasteiger partial charge < -0.3 is 19.0 Å². The minimum absolute atomic E-state index is 0.0653. The maximum absolute atomic E-state index is 12.9. The van der Waals surface area contributed by atoms with Gasteiger partial charge in [-0.05, 0) is 26.0 Å². The predicted octanol–water partition coefficient (Wildman–Crippen LogP) is 2.79. The zero-order valence-electron chi connectivity index (χ0n) is 15.4. The van der Waals surface area contributed by atoms with Crippen LogP contribution in [0.3, 0.4) is 0 Å². The fourth-order valence-corrected chi connectivity index (χ4v) is 4.22. The molecule has 1 N–H and O–H groups in total. The number of rotatable bonds is 1. The van der Waals surface area contributed by atoms with E-state index < -0.39 is 23.1 Å². The van der Waals surface area contributed by atoms with E-state index in [2.05, 4.69) is 0 Å². The third-order valence-corrected chi connectivity index (χ3v) is 5.66. The van der Waals surface area contributed by atoms with E-state index in [0.29, 0.717) is 22.5 Å². The molecule has 1 saturated heterocycles. The van der Waals surface area contributed by atoms with E-state index in [0.717, 1.165) is 5.56 Å². The van der Waals surface area contributed by atoms with Crippen molar-refractivity contribution in [3.8, 4) is 17.1 Å². The molecule has 5 rings (SSSR count). The van der Waals surface area contributed by atoms with Crippen molar-refractivity contribution < 1.29 is 23.8 Å². The van der Waals surface area contributed by atoms with E-state index >= 15 is 0 Å². The summed E-state index contributed by atoms with van der Waals surface area (Å²) in [6.45, 7) is 3.24.